The Morgan fingerprint density at radius 2 is 1.74 bits per heavy atom. The number of benzene rings is 1. The van der Waals surface area contributed by atoms with Gasteiger partial charge in [0.05, 0.1) is 17.7 Å². The Bertz CT molecular complexity index is 526. The van der Waals surface area contributed by atoms with Crippen molar-refractivity contribution in [2.45, 2.75) is 38.7 Å². The number of rotatable bonds is 5. The second-order valence-electron chi connectivity index (χ2n) is 5.42. The summed E-state index contributed by atoms with van der Waals surface area (Å²) in [5.74, 6) is 0.0773. The van der Waals surface area contributed by atoms with Crippen LogP contribution in [0.5, 0.6) is 5.75 Å². The van der Waals surface area contributed by atoms with Gasteiger partial charge in [0.2, 0.25) is 0 Å². The highest BCUT2D eigenvalue weighted by Crippen LogP contribution is 2.26. The number of carbonyl (C=O) groups is 2. The number of ether oxygens (including phenoxy) is 2. The third-order valence-electron chi connectivity index (χ3n) is 3.82. The summed E-state index contributed by atoms with van der Waals surface area (Å²) < 4.78 is 10.1. The highest BCUT2D eigenvalue weighted by Gasteiger charge is 2.26. The molecule has 0 bridgehead atoms. The van der Waals surface area contributed by atoms with Crippen molar-refractivity contribution in [1.29, 1.82) is 0 Å². The Hall–Kier alpha value is -2.28. The summed E-state index contributed by atoms with van der Waals surface area (Å²) in [6.45, 7) is 2.02. The van der Waals surface area contributed by atoms with E-state index in [1.807, 2.05) is 6.92 Å². The van der Waals surface area contributed by atoms with Crippen molar-refractivity contribution in [2.24, 2.45) is 5.92 Å². The van der Waals surface area contributed by atoms with Crippen molar-refractivity contribution < 1.29 is 33.9 Å². The molecule has 0 amide bonds. The Balaban J connectivity index is 1.70. The summed E-state index contributed by atoms with van der Waals surface area (Å²) >= 11 is 0. The first kappa shape index (κ1) is 17.1. The van der Waals surface area contributed by atoms with Crippen LogP contribution in [-0.2, 0) is 19.6 Å². The van der Waals surface area contributed by atoms with Gasteiger partial charge in [0.25, 0.3) is 0 Å². The van der Waals surface area contributed by atoms with E-state index in [1.54, 1.807) is 12.1 Å². The molecule has 0 aromatic heterocycles. The van der Waals surface area contributed by atoms with Crippen LogP contribution in [0.4, 0.5) is 4.79 Å². The van der Waals surface area contributed by atoms with E-state index in [4.69, 9.17) is 9.47 Å². The van der Waals surface area contributed by atoms with Crippen LogP contribution in [0.15, 0.2) is 24.3 Å². The summed E-state index contributed by atoms with van der Waals surface area (Å²) in [6, 6.07) is 6.17. The first-order chi connectivity index (χ1) is 11.1. The molecule has 7 heteroatoms. The quantitative estimate of drug-likeness (QED) is 0.466. The van der Waals surface area contributed by atoms with E-state index < -0.39 is 12.1 Å². The second-order valence-corrected chi connectivity index (χ2v) is 5.42. The molecule has 7 nitrogen and oxygen atoms in total. The molecule has 2 rings (SSSR count). The van der Waals surface area contributed by atoms with E-state index in [9.17, 15) is 9.59 Å². The monoisotopic (exact) mass is 324 g/mol. The molecule has 0 radical (unpaired) electrons. The van der Waals surface area contributed by atoms with Crippen LogP contribution >= 0.6 is 0 Å². The van der Waals surface area contributed by atoms with Crippen molar-refractivity contribution in [3.8, 4) is 5.75 Å². The maximum atomic E-state index is 11.6. The number of hydrogen-bond donors (Lipinski definition) is 0. The largest absolute Gasteiger partial charge is 0.543 e. The van der Waals surface area contributed by atoms with Gasteiger partial charge in [-0.1, -0.05) is 13.3 Å². The highest BCUT2D eigenvalue weighted by molar-refractivity contribution is 5.89. The van der Waals surface area contributed by atoms with Gasteiger partial charge in [0, 0.05) is 0 Å². The zero-order chi connectivity index (χ0) is 16.7. The maximum absolute atomic E-state index is 11.6. The summed E-state index contributed by atoms with van der Waals surface area (Å²) in [4.78, 5) is 31.8. The van der Waals surface area contributed by atoms with Gasteiger partial charge in [-0.3, -0.25) is 4.89 Å². The minimum atomic E-state index is -1.02. The lowest BCUT2D eigenvalue weighted by atomic mass is 9.88. The van der Waals surface area contributed by atoms with E-state index in [0.29, 0.717) is 5.75 Å². The van der Waals surface area contributed by atoms with Crippen molar-refractivity contribution in [3.05, 3.63) is 29.8 Å². The molecule has 0 N–H and O–H groups in total. The molecule has 0 heterocycles. The fourth-order valence-electron chi connectivity index (χ4n) is 2.45. The second kappa shape index (κ2) is 8.38. The summed E-state index contributed by atoms with van der Waals surface area (Å²) in [6.07, 6.45) is 2.72. The molecule has 126 valence electrons. The average molecular weight is 324 g/mol. The van der Waals surface area contributed by atoms with Crippen LogP contribution in [0.1, 0.15) is 43.0 Å². The van der Waals surface area contributed by atoms with Crippen molar-refractivity contribution >= 4 is 12.1 Å². The van der Waals surface area contributed by atoms with E-state index in [1.165, 1.54) is 19.2 Å². The normalized spacial score (nSPS) is 20.4. The highest BCUT2D eigenvalue weighted by atomic mass is 17.5. The zero-order valence-corrected chi connectivity index (χ0v) is 13.2. The lowest BCUT2D eigenvalue weighted by Gasteiger charge is -2.27. The summed E-state index contributed by atoms with van der Waals surface area (Å²) in [5, 5.41) is 4.19. The summed E-state index contributed by atoms with van der Waals surface area (Å²) in [5.41, 5.74) is 0.226. The molecule has 0 spiro atoms. The average Bonchev–Trinajstić information content (AvgIpc) is 2.57. The van der Waals surface area contributed by atoms with E-state index in [0.717, 1.165) is 25.7 Å². The first-order valence-electron chi connectivity index (χ1n) is 7.50. The Morgan fingerprint density at radius 3 is 2.39 bits per heavy atom. The van der Waals surface area contributed by atoms with E-state index >= 15 is 0 Å². The Morgan fingerprint density at radius 1 is 1.04 bits per heavy atom. The van der Waals surface area contributed by atoms with Gasteiger partial charge < -0.3 is 9.47 Å². The Kier molecular flexibility index (Phi) is 6.22. The van der Waals surface area contributed by atoms with Gasteiger partial charge in [-0.15, -0.1) is 0 Å². The SMILES string of the molecule is COc1ccc(C(=O)OOOC(=O)OC2CCCCC2C)cc1. The molecule has 1 aromatic rings. The van der Waals surface area contributed by atoms with Crippen LogP contribution in [-0.4, -0.2) is 25.3 Å². The molecule has 23 heavy (non-hydrogen) atoms. The molecule has 0 saturated heterocycles. The molecule has 1 aliphatic rings. The third kappa shape index (κ3) is 5.14. The fourth-order valence-corrected chi connectivity index (χ4v) is 2.45. The van der Waals surface area contributed by atoms with Gasteiger partial charge in [0.15, 0.2) is 0 Å². The fraction of sp³-hybridized carbons (Fsp3) is 0.500. The minimum Gasteiger partial charge on any atom is -0.497 e. The van der Waals surface area contributed by atoms with Crippen LogP contribution in [0.25, 0.3) is 0 Å². The third-order valence-corrected chi connectivity index (χ3v) is 3.82. The smallest absolute Gasteiger partial charge is 0.497 e. The Labute approximate surface area is 134 Å². The maximum Gasteiger partial charge on any atom is 0.543 e. The topological polar surface area (TPSA) is 80.3 Å². The molecular formula is C16H20O7. The van der Waals surface area contributed by atoms with Crippen LogP contribution < -0.4 is 4.74 Å². The number of carbonyl (C=O) groups excluding carboxylic acids is 2. The van der Waals surface area contributed by atoms with E-state index in [-0.39, 0.29) is 17.6 Å². The van der Waals surface area contributed by atoms with Crippen LogP contribution in [0.2, 0.25) is 0 Å². The molecule has 0 aliphatic heterocycles. The zero-order valence-electron chi connectivity index (χ0n) is 13.2. The lowest BCUT2D eigenvalue weighted by molar-refractivity contribution is -0.453. The standard InChI is InChI=1S/C16H20O7/c1-11-5-3-4-6-14(11)20-16(18)22-23-21-15(17)12-7-9-13(19-2)10-8-12/h7-11,14H,3-6H2,1-2H3. The van der Waals surface area contributed by atoms with Crippen LogP contribution in [0, 0.1) is 5.92 Å². The minimum absolute atomic E-state index is 0.197. The summed E-state index contributed by atoms with van der Waals surface area (Å²) in [7, 11) is 1.52. The van der Waals surface area contributed by atoms with Crippen LogP contribution in [0.3, 0.4) is 0 Å². The first-order valence-corrected chi connectivity index (χ1v) is 7.50. The molecular weight excluding hydrogens is 304 g/mol. The van der Waals surface area contributed by atoms with Gasteiger partial charge in [-0.05, 0) is 49.4 Å². The van der Waals surface area contributed by atoms with E-state index in [2.05, 4.69) is 14.8 Å². The number of methoxy groups -OCH3 is 1. The van der Waals surface area contributed by atoms with Crippen molar-refractivity contribution in [1.82, 2.24) is 0 Å². The molecule has 1 saturated carbocycles. The van der Waals surface area contributed by atoms with Crippen molar-refractivity contribution in [2.75, 3.05) is 7.11 Å². The van der Waals surface area contributed by atoms with Gasteiger partial charge in [-0.25, -0.2) is 14.5 Å². The van der Waals surface area contributed by atoms with Gasteiger partial charge in [0.1, 0.15) is 11.9 Å². The molecule has 1 fully saturated rings. The van der Waals surface area contributed by atoms with Gasteiger partial charge in [-0.2, -0.15) is 0 Å². The van der Waals surface area contributed by atoms with Gasteiger partial charge >= 0.3 is 12.1 Å². The number of hydrogen-bond acceptors (Lipinski definition) is 7. The predicted molar refractivity (Wildman–Crippen MR) is 78.5 cm³/mol. The van der Waals surface area contributed by atoms with Crippen molar-refractivity contribution in [3.63, 3.8) is 0 Å². The lowest BCUT2D eigenvalue weighted by Crippen LogP contribution is -2.28. The molecule has 2 unspecified atom stereocenters. The molecule has 1 aromatic carbocycles. The predicted octanol–water partition coefficient (Wildman–Crippen LogP) is 3.43. The molecule has 2 atom stereocenters. The molecule has 1 aliphatic carbocycles.